The monoisotopic (exact) mass is 450 g/mol. The molecule has 1 aromatic heterocycles. The van der Waals surface area contributed by atoms with Gasteiger partial charge in [-0.3, -0.25) is 10.2 Å². The minimum atomic E-state index is -0.375. The summed E-state index contributed by atoms with van der Waals surface area (Å²) in [6, 6.07) is 6.65. The summed E-state index contributed by atoms with van der Waals surface area (Å²) in [7, 11) is 3.25. The average Bonchev–Trinajstić information content (AvgIpc) is 3.38. The molecule has 4 unspecified atom stereocenters. The van der Waals surface area contributed by atoms with Crippen molar-refractivity contribution in [2.45, 2.75) is 50.2 Å². The van der Waals surface area contributed by atoms with Crippen LogP contribution in [-0.2, 0) is 10.2 Å². The maximum atomic E-state index is 13.0. The van der Waals surface area contributed by atoms with Crippen molar-refractivity contribution in [2.24, 2.45) is 17.8 Å². The molecule has 1 spiro atoms. The molecular formula is C24H30N6O3. The molecule has 0 radical (unpaired) electrons. The lowest BCUT2D eigenvalue weighted by atomic mass is 9.74. The lowest BCUT2D eigenvalue weighted by molar-refractivity contribution is -0.118. The first kappa shape index (κ1) is 20.7. The number of amides is 1. The van der Waals surface area contributed by atoms with Crippen LogP contribution < -0.4 is 31.0 Å². The van der Waals surface area contributed by atoms with Crippen molar-refractivity contribution in [3.63, 3.8) is 0 Å². The highest BCUT2D eigenvalue weighted by molar-refractivity contribution is 6.09. The molecule has 0 bridgehead atoms. The van der Waals surface area contributed by atoms with Crippen LogP contribution in [0.2, 0.25) is 0 Å². The number of nitrogens with one attached hydrogen (secondary N) is 4. The summed E-state index contributed by atoms with van der Waals surface area (Å²) in [5, 5.41) is 6.65. The van der Waals surface area contributed by atoms with Crippen molar-refractivity contribution in [3.05, 3.63) is 35.5 Å². The van der Waals surface area contributed by atoms with Crippen LogP contribution in [0.3, 0.4) is 0 Å². The van der Waals surface area contributed by atoms with Crippen LogP contribution in [0, 0.1) is 24.7 Å². The van der Waals surface area contributed by atoms with Crippen molar-refractivity contribution in [3.8, 4) is 11.8 Å². The van der Waals surface area contributed by atoms with E-state index in [4.69, 9.17) is 9.47 Å². The van der Waals surface area contributed by atoms with Gasteiger partial charge in [0.25, 0.3) is 0 Å². The topological polar surface area (TPSA) is 109 Å². The Morgan fingerprint density at radius 2 is 2.06 bits per heavy atom. The number of carbonyl (C=O) groups excluding carboxylic acids is 1. The van der Waals surface area contributed by atoms with Gasteiger partial charge in [0.1, 0.15) is 11.6 Å². The second kappa shape index (κ2) is 7.56. The van der Waals surface area contributed by atoms with E-state index in [1.807, 2.05) is 25.1 Å². The summed E-state index contributed by atoms with van der Waals surface area (Å²) in [5.41, 5.74) is 9.61. The van der Waals surface area contributed by atoms with Crippen molar-refractivity contribution in [1.82, 2.24) is 20.8 Å². The van der Waals surface area contributed by atoms with Gasteiger partial charge in [-0.1, -0.05) is 0 Å². The first-order valence-corrected chi connectivity index (χ1v) is 11.7. The number of hydrogen-bond donors (Lipinski definition) is 4. The Bertz CT molecular complexity index is 1110. The first-order valence-electron chi connectivity index (χ1n) is 11.7. The third kappa shape index (κ3) is 3.17. The molecule has 2 aromatic rings. The molecule has 9 nitrogen and oxygen atoms in total. The highest BCUT2D eigenvalue weighted by atomic mass is 16.5. The fourth-order valence-electron chi connectivity index (χ4n) is 6.33. The van der Waals surface area contributed by atoms with E-state index in [0.29, 0.717) is 29.8 Å². The Kier molecular flexibility index (Phi) is 4.74. The molecule has 9 heteroatoms. The Labute approximate surface area is 193 Å². The summed E-state index contributed by atoms with van der Waals surface area (Å²) in [5.74, 6) is 3.10. The molecule has 4 aliphatic rings. The molecule has 2 aliphatic carbocycles. The van der Waals surface area contributed by atoms with Gasteiger partial charge in [-0.2, -0.15) is 4.98 Å². The van der Waals surface area contributed by atoms with Crippen molar-refractivity contribution in [1.29, 1.82) is 0 Å². The number of rotatable bonds is 5. The number of methoxy groups -OCH3 is 2. The van der Waals surface area contributed by atoms with E-state index in [1.165, 1.54) is 0 Å². The molecule has 6 rings (SSSR count). The van der Waals surface area contributed by atoms with Crippen LogP contribution >= 0.6 is 0 Å². The van der Waals surface area contributed by atoms with Gasteiger partial charge in [-0.25, -0.2) is 10.4 Å². The van der Waals surface area contributed by atoms with Gasteiger partial charge >= 0.3 is 6.01 Å². The number of fused-ring (bicyclic) bond motifs is 3. The number of carbonyl (C=O) groups is 1. The van der Waals surface area contributed by atoms with Gasteiger partial charge < -0.3 is 20.1 Å². The van der Waals surface area contributed by atoms with Crippen LogP contribution in [-0.4, -0.2) is 42.3 Å². The Morgan fingerprint density at radius 1 is 1.18 bits per heavy atom. The molecular weight excluding hydrogens is 420 g/mol. The van der Waals surface area contributed by atoms with Gasteiger partial charge in [0.2, 0.25) is 5.91 Å². The maximum Gasteiger partial charge on any atom is 0.318 e. The second-order valence-electron chi connectivity index (χ2n) is 9.79. The van der Waals surface area contributed by atoms with Gasteiger partial charge in [0.05, 0.1) is 25.8 Å². The third-order valence-corrected chi connectivity index (χ3v) is 8.17. The quantitative estimate of drug-likeness (QED) is 0.550. The lowest BCUT2D eigenvalue weighted by Crippen LogP contribution is -2.39. The lowest BCUT2D eigenvalue weighted by Gasteiger charge is -2.34. The molecule has 1 saturated heterocycles. The summed E-state index contributed by atoms with van der Waals surface area (Å²) in [6.07, 6.45) is 6.05. The van der Waals surface area contributed by atoms with Crippen LogP contribution in [0.1, 0.15) is 36.8 Å². The zero-order valence-corrected chi connectivity index (χ0v) is 19.1. The summed E-state index contributed by atoms with van der Waals surface area (Å²) >= 11 is 0. The van der Waals surface area contributed by atoms with E-state index in [-0.39, 0.29) is 17.5 Å². The van der Waals surface area contributed by atoms with E-state index in [1.54, 1.807) is 20.4 Å². The minimum absolute atomic E-state index is 0.0854. The molecule has 33 heavy (non-hydrogen) atoms. The van der Waals surface area contributed by atoms with Crippen LogP contribution in [0.4, 0.5) is 11.5 Å². The predicted octanol–water partition coefficient (Wildman–Crippen LogP) is 2.34. The molecule has 1 aromatic carbocycles. The molecule has 3 heterocycles. The molecule has 1 amide bonds. The number of aryl methyl sites for hydroxylation is 1. The van der Waals surface area contributed by atoms with E-state index in [2.05, 4.69) is 31.5 Å². The molecule has 4 N–H and O–H groups in total. The molecule has 3 fully saturated rings. The highest BCUT2D eigenvalue weighted by Crippen LogP contribution is 2.65. The summed E-state index contributed by atoms with van der Waals surface area (Å²) < 4.78 is 10.6. The highest BCUT2D eigenvalue weighted by Gasteiger charge is 2.67. The summed E-state index contributed by atoms with van der Waals surface area (Å²) in [6.45, 7) is 1.99. The predicted molar refractivity (Wildman–Crippen MR) is 123 cm³/mol. The third-order valence-electron chi connectivity index (χ3n) is 8.17. The number of hydrogen-bond acceptors (Lipinski definition) is 8. The zero-order chi connectivity index (χ0) is 22.7. The Balaban J connectivity index is 1.15. The number of benzene rings is 1. The smallest absolute Gasteiger partial charge is 0.318 e. The first-order chi connectivity index (χ1) is 16.0. The van der Waals surface area contributed by atoms with Gasteiger partial charge in [0.15, 0.2) is 0 Å². The molecule has 6 atom stereocenters. The Hall–Kier alpha value is -2.91. The second-order valence-corrected chi connectivity index (χ2v) is 9.79. The maximum absolute atomic E-state index is 13.0. The SMILES string of the molecule is COc1ccc2c(c1)[C@]1(C[C@H]1C1CCC3C(C1)NNC3Nc1nc(OC)ncc1C)C(=O)N2. The number of aromatic nitrogens is 2. The van der Waals surface area contributed by atoms with E-state index >= 15 is 0 Å². The van der Waals surface area contributed by atoms with Crippen LogP contribution in [0.25, 0.3) is 0 Å². The van der Waals surface area contributed by atoms with Crippen molar-refractivity contribution in [2.75, 3.05) is 24.9 Å². The fourth-order valence-corrected chi connectivity index (χ4v) is 6.33. The van der Waals surface area contributed by atoms with Gasteiger partial charge in [-0.05, 0) is 68.2 Å². The molecule has 174 valence electrons. The van der Waals surface area contributed by atoms with Crippen molar-refractivity contribution < 1.29 is 14.3 Å². The minimum Gasteiger partial charge on any atom is -0.497 e. The average molecular weight is 451 g/mol. The number of anilines is 2. The van der Waals surface area contributed by atoms with Crippen LogP contribution in [0.5, 0.6) is 11.8 Å². The van der Waals surface area contributed by atoms with Crippen LogP contribution in [0.15, 0.2) is 24.4 Å². The van der Waals surface area contributed by atoms with Gasteiger partial charge in [0, 0.05) is 29.4 Å². The Morgan fingerprint density at radius 3 is 2.88 bits per heavy atom. The molecule has 2 saturated carbocycles. The van der Waals surface area contributed by atoms with E-state index in [0.717, 1.165) is 54.1 Å². The van der Waals surface area contributed by atoms with Gasteiger partial charge in [-0.15, -0.1) is 0 Å². The number of ether oxygens (including phenoxy) is 2. The van der Waals surface area contributed by atoms with Crippen molar-refractivity contribution >= 4 is 17.4 Å². The molecule has 2 aliphatic heterocycles. The normalized spacial score (nSPS) is 33.9. The van der Waals surface area contributed by atoms with E-state index < -0.39 is 0 Å². The zero-order valence-electron chi connectivity index (χ0n) is 19.1. The number of nitrogens with zero attached hydrogens (tertiary/aromatic N) is 2. The van der Waals surface area contributed by atoms with E-state index in [9.17, 15) is 4.79 Å². The standard InChI is InChI=1S/C24H30N6O3/c1-12-11-25-23(33-3)28-20(12)27-21-15-6-4-13(8-19(15)29-30-21)17-10-24(17)16-9-14(32-2)5-7-18(16)26-22(24)31/h5,7,9,11,13,15,17,19,21,29-30H,4,6,8,10H2,1-3H3,(H,26,31)(H,25,27,28)/t13?,15?,17-,19?,21?,24-/m0/s1. The fraction of sp³-hybridized carbons (Fsp3) is 0.542. The number of hydrazine groups is 1. The summed E-state index contributed by atoms with van der Waals surface area (Å²) in [4.78, 5) is 21.7. The largest absolute Gasteiger partial charge is 0.497 e.